The van der Waals surface area contributed by atoms with Gasteiger partial charge in [0.05, 0.1) is 49.8 Å². The van der Waals surface area contributed by atoms with Crippen LogP contribution in [0.2, 0.25) is 0 Å². The van der Waals surface area contributed by atoms with Gasteiger partial charge in [0, 0.05) is 39.1 Å². The average Bonchev–Trinajstić information content (AvgIpc) is 3.49. The first-order chi connectivity index (χ1) is 23.3. The van der Waals surface area contributed by atoms with Crippen LogP contribution in [0.1, 0.15) is 44.7 Å². The Labute approximate surface area is 282 Å². The number of rotatable bonds is 8. The highest BCUT2D eigenvalue weighted by Crippen LogP contribution is 2.54. The van der Waals surface area contributed by atoms with E-state index in [4.69, 9.17) is 14.2 Å². The number of allylic oxidation sites excluding steroid dienone is 1. The van der Waals surface area contributed by atoms with Gasteiger partial charge in [-0.25, -0.2) is 0 Å². The summed E-state index contributed by atoms with van der Waals surface area (Å²) in [5.41, 5.74) is -0.680. The van der Waals surface area contributed by atoms with Crippen molar-refractivity contribution in [1.82, 2.24) is 20.0 Å². The minimum absolute atomic E-state index is 0.0633. The molecular formula is C36H48N4O8. The molecule has 0 aromatic heterocycles. The highest BCUT2D eigenvalue weighted by atomic mass is 16.5. The summed E-state index contributed by atoms with van der Waals surface area (Å²) in [7, 11) is 0. The number of aliphatic hydroxyl groups excluding tert-OH is 1. The summed E-state index contributed by atoms with van der Waals surface area (Å²) >= 11 is 0. The molecule has 12 nitrogen and oxygen atoms in total. The predicted octanol–water partition coefficient (Wildman–Crippen LogP) is 1.46. The van der Waals surface area contributed by atoms with E-state index in [0.717, 1.165) is 18.7 Å². The molecule has 3 fully saturated rings. The van der Waals surface area contributed by atoms with Crippen molar-refractivity contribution >= 4 is 23.7 Å². The number of morpholine rings is 1. The average molecular weight is 665 g/mol. The Hall–Kier alpha value is -3.58. The van der Waals surface area contributed by atoms with Crippen LogP contribution in [0.4, 0.5) is 0 Å². The number of carbonyl (C=O) groups excluding carboxylic acids is 4. The van der Waals surface area contributed by atoms with Gasteiger partial charge in [-0.1, -0.05) is 74.9 Å². The molecule has 3 saturated heterocycles. The molecule has 3 amide bonds. The van der Waals surface area contributed by atoms with Gasteiger partial charge in [0.1, 0.15) is 18.2 Å². The third-order valence-corrected chi connectivity index (χ3v) is 10.7. The normalized spacial score (nSPS) is 33.4. The number of esters is 1. The smallest absolute Gasteiger partial charge is 0.306 e. The molecule has 5 aliphatic heterocycles. The van der Waals surface area contributed by atoms with Gasteiger partial charge in [-0.3, -0.25) is 24.1 Å². The molecule has 5 heterocycles. The second-order valence-corrected chi connectivity index (χ2v) is 13.5. The number of benzene rings is 1. The van der Waals surface area contributed by atoms with Crippen LogP contribution in [0.3, 0.4) is 0 Å². The number of cyclic esters (lactones) is 1. The van der Waals surface area contributed by atoms with Crippen molar-refractivity contribution in [2.24, 2.45) is 17.8 Å². The lowest BCUT2D eigenvalue weighted by molar-refractivity contribution is -0.152. The van der Waals surface area contributed by atoms with Crippen molar-refractivity contribution < 1.29 is 38.5 Å². The van der Waals surface area contributed by atoms with Crippen LogP contribution in [0, 0.1) is 17.8 Å². The Kier molecular flexibility index (Phi) is 10.6. The van der Waals surface area contributed by atoms with Crippen LogP contribution in [0.25, 0.3) is 0 Å². The molecule has 5 aliphatic rings. The standard InChI is InChI=1S/C36H48N4O8/c1-3-24(2)27(22-41)40-32-35(45)39(17-16-38-18-20-46-21-19-38)15-9-14-36(32)31(34(40)44)30-28(48-36)12-7-8-13-29(42)47-23-26(37-33(30)43)25-10-5-4-6-11-25/h4-7,9-12,14,24,26-28,30-32,41H,3,8,13,15-23H2,1-2H3,(H,37,43)/b12-7-/t24-,26-,27-,28+,30-,31-,32+,36-/m0/s1. The summed E-state index contributed by atoms with van der Waals surface area (Å²) in [5.74, 6) is -3.55. The molecule has 2 N–H and O–H groups in total. The number of ether oxygens (including phenoxy) is 3. The summed E-state index contributed by atoms with van der Waals surface area (Å²) < 4.78 is 17.9. The number of hydrogen-bond donors (Lipinski definition) is 2. The number of carbonyl (C=O) groups is 4. The molecule has 12 heteroatoms. The predicted molar refractivity (Wildman–Crippen MR) is 175 cm³/mol. The van der Waals surface area contributed by atoms with Gasteiger partial charge in [-0.2, -0.15) is 0 Å². The molecule has 0 bridgehead atoms. The number of aliphatic hydroxyl groups is 1. The number of nitrogens with one attached hydrogen (secondary N) is 1. The number of amides is 3. The number of hydrogen-bond acceptors (Lipinski definition) is 9. The fourth-order valence-electron chi connectivity index (χ4n) is 7.88. The molecule has 48 heavy (non-hydrogen) atoms. The molecule has 0 radical (unpaired) electrons. The Bertz CT molecular complexity index is 1400. The fraction of sp³-hybridized carbons (Fsp3) is 0.611. The van der Waals surface area contributed by atoms with Crippen LogP contribution in [-0.4, -0.2) is 126 Å². The quantitative estimate of drug-likeness (QED) is 0.313. The second-order valence-electron chi connectivity index (χ2n) is 13.5. The Morgan fingerprint density at radius 2 is 1.81 bits per heavy atom. The van der Waals surface area contributed by atoms with E-state index >= 15 is 0 Å². The molecule has 1 aromatic carbocycles. The summed E-state index contributed by atoms with van der Waals surface area (Å²) in [4.78, 5) is 62.1. The monoisotopic (exact) mass is 664 g/mol. The van der Waals surface area contributed by atoms with Crippen LogP contribution >= 0.6 is 0 Å². The highest BCUT2D eigenvalue weighted by Gasteiger charge is 2.72. The van der Waals surface area contributed by atoms with E-state index in [1.807, 2.05) is 56.3 Å². The highest BCUT2D eigenvalue weighted by molar-refractivity contribution is 6.00. The van der Waals surface area contributed by atoms with Crippen LogP contribution < -0.4 is 5.32 Å². The second kappa shape index (κ2) is 14.9. The maximum atomic E-state index is 14.8. The van der Waals surface area contributed by atoms with Crippen molar-refractivity contribution in [3.05, 3.63) is 60.2 Å². The summed E-state index contributed by atoms with van der Waals surface area (Å²) in [6.07, 6.45) is 7.60. The fourth-order valence-corrected chi connectivity index (χ4v) is 7.88. The third kappa shape index (κ3) is 6.55. The first-order valence-corrected chi connectivity index (χ1v) is 17.3. The van der Waals surface area contributed by atoms with Gasteiger partial charge < -0.3 is 34.4 Å². The van der Waals surface area contributed by atoms with E-state index in [2.05, 4.69) is 10.2 Å². The minimum Gasteiger partial charge on any atom is -0.463 e. The number of likely N-dealkylation sites (tertiary alicyclic amines) is 1. The van der Waals surface area contributed by atoms with E-state index in [-0.39, 0.29) is 43.3 Å². The van der Waals surface area contributed by atoms with Crippen LogP contribution in [-0.2, 0) is 33.4 Å². The zero-order chi connectivity index (χ0) is 33.8. The van der Waals surface area contributed by atoms with Gasteiger partial charge >= 0.3 is 5.97 Å². The van der Waals surface area contributed by atoms with Crippen molar-refractivity contribution in [1.29, 1.82) is 0 Å². The van der Waals surface area contributed by atoms with Gasteiger partial charge in [0.25, 0.3) is 0 Å². The lowest BCUT2D eigenvalue weighted by Gasteiger charge is -2.40. The summed E-state index contributed by atoms with van der Waals surface area (Å²) in [6.45, 7) is 7.87. The van der Waals surface area contributed by atoms with Gasteiger partial charge in [-0.15, -0.1) is 0 Å². The first-order valence-electron chi connectivity index (χ1n) is 17.3. The molecule has 6 rings (SSSR count). The number of fused-ring (bicyclic) bond motifs is 2. The molecule has 0 aliphatic carbocycles. The lowest BCUT2D eigenvalue weighted by Crippen LogP contribution is -2.59. The van der Waals surface area contributed by atoms with Crippen molar-refractivity contribution in [2.45, 2.75) is 62.9 Å². The van der Waals surface area contributed by atoms with Crippen molar-refractivity contribution in [2.75, 3.05) is 59.2 Å². The Balaban J connectivity index is 1.39. The van der Waals surface area contributed by atoms with E-state index < -0.39 is 47.6 Å². The summed E-state index contributed by atoms with van der Waals surface area (Å²) in [5, 5.41) is 13.8. The van der Waals surface area contributed by atoms with Crippen molar-refractivity contribution in [3.63, 3.8) is 0 Å². The largest absolute Gasteiger partial charge is 0.463 e. The van der Waals surface area contributed by atoms with Gasteiger partial charge in [0.15, 0.2) is 0 Å². The maximum absolute atomic E-state index is 14.8. The first kappa shape index (κ1) is 34.3. The van der Waals surface area contributed by atoms with E-state index in [0.29, 0.717) is 45.7 Å². The molecule has 1 spiro atoms. The molecule has 260 valence electrons. The Morgan fingerprint density at radius 3 is 2.54 bits per heavy atom. The van der Waals surface area contributed by atoms with E-state index in [1.165, 1.54) is 0 Å². The summed E-state index contributed by atoms with van der Waals surface area (Å²) in [6, 6.07) is 6.89. The SMILES string of the molecule is CC[C@H](C)[C@H](CO)N1C(=O)[C@@H]2[C@H]3C(=O)N[C@H](c4ccccc4)COC(=O)CC/C=C\[C@H]3O[C@@]23C=CCN(CCN2CCOCC2)C(=O)[C@@H]13. The molecule has 0 unspecified atom stereocenters. The lowest BCUT2D eigenvalue weighted by atomic mass is 9.77. The minimum atomic E-state index is -1.44. The Morgan fingerprint density at radius 1 is 1.04 bits per heavy atom. The van der Waals surface area contributed by atoms with Crippen molar-refractivity contribution in [3.8, 4) is 0 Å². The number of nitrogens with zero attached hydrogens (tertiary/aromatic N) is 3. The molecule has 0 saturated carbocycles. The van der Waals surface area contributed by atoms with Crippen LogP contribution in [0.5, 0.6) is 0 Å². The molecule has 8 atom stereocenters. The third-order valence-electron chi connectivity index (χ3n) is 10.7. The maximum Gasteiger partial charge on any atom is 0.306 e. The zero-order valence-corrected chi connectivity index (χ0v) is 27.9. The van der Waals surface area contributed by atoms with E-state index in [1.54, 1.807) is 22.0 Å². The topological polar surface area (TPSA) is 138 Å². The van der Waals surface area contributed by atoms with Crippen LogP contribution in [0.15, 0.2) is 54.6 Å². The molecule has 1 aromatic rings. The van der Waals surface area contributed by atoms with Gasteiger partial charge in [-0.05, 0) is 17.9 Å². The van der Waals surface area contributed by atoms with E-state index in [9.17, 15) is 24.3 Å². The zero-order valence-electron chi connectivity index (χ0n) is 27.9. The molecular weight excluding hydrogens is 616 g/mol. The van der Waals surface area contributed by atoms with Gasteiger partial charge in [0.2, 0.25) is 17.7 Å².